The normalized spacial score (nSPS) is 13.2. The highest BCUT2D eigenvalue weighted by atomic mass is 35.5. The summed E-state index contributed by atoms with van der Waals surface area (Å²) in [6.07, 6.45) is 0.792. The average Bonchev–Trinajstić information content (AvgIpc) is 2.91. The summed E-state index contributed by atoms with van der Waals surface area (Å²) in [5, 5.41) is 3.94. The van der Waals surface area contributed by atoms with Gasteiger partial charge in [-0.15, -0.1) is 0 Å². The Kier molecular flexibility index (Phi) is 5.91. The molecule has 0 aliphatic rings. The predicted octanol–water partition coefficient (Wildman–Crippen LogP) is 4.21. The van der Waals surface area contributed by atoms with Crippen molar-refractivity contribution in [2.24, 2.45) is 0 Å². The van der Waals surface area contributed by atoms with Crippen LogP contribution < -0.4 is 10.5 Å². The summed E-state index contributed by atoms with van der Waals surface area (Å²) in [4.78, 5) is 7.99. The van der Waals surface area contributed by atoms with Crippen LogP contribution in [0, 0.1) is 0 Å². The lowest BCUT2D eigenvalue weighted by Crippen LogP contribution is -2.11. The fraction of sp³-hybridized carbons (Fsp3) is 0.312. The maximum atomic E-state index is 13.6. The minimum Gasteiger partial charge on any atom is -0.475 e. The molecule has 0 aliphatic carbocycles. The van der Waals surface area contributed by atoms with Crippen molar-refractivity contribution in [1.82, 2.24) is 19.7 Å². The van der Waals surface area contributed by atoms with E-state index in [-0.39, 0.29) is 35.3 Å². The number of rotatable bonds is 5. The molecule has 0 spiro atoms. The Bertz CT molecular complexity index is 854. The largest absolute Gasteiger partial charge is 0.475 e. The molecule has 140 valence electrons. The summed E-state index contributed by atoms with van der Waals surface area (Å²) in [6, 6.07) is 0. The van der Waals surface area contributed by atoms with Gasteiger partial charge >= 0.3 is 6.18 Å². The third kappa shape index (κ3) is 3.98. The van der Waals surface area contributed by atoms with Gasteiger partial charge in [-0.25, -0.2) is 9.97 Å². The van der Waals surface area contributed by atoms with Crippen molar-refractivity contribution in [3.63, 3.8) is 0 Å². The van der Waals surface area contributed by atoms with Crippen LogP contribution in [0.25, 0.3) is 11.4 Å². The topological polar surface area (TPSA) is 78.8 Å². The fourth-order valence-electron chi connectivity index (χ4n) is 2.29. The maximum absolute atomic E-state index is 13.6. The smallest absolute Gasteiger partial charge is 0.435 e. The molecule has 2 heterocycles. The lowest BCUT2D eigenvalue weighted by molar-refractivity contribution is -0.141. The first-order valence-corrected chi connectivity index (χ1v) is 7.98. The summed E-state index contributed by atoms with van der Waals surface area (Å²) in [5.74, 6) is -0.262. The van der Waals surface area contributed by atoms with Gasteiger partial charge in [0, 0.05) is 17.4 Å². The summed E-state index contributed by atoms with van der Waals surface area (Å²) in [5.41, 5.74) is 4.77. The zero-order valence-electron chi connectivity index (χ0n) is 14.3. The Labute approximate surface area is 153 Å². The van der Waals surface area contributed by atoms with E-state index >= 15 is 0 Å². The molecular formula is C16H17ClF3N5O. The number of hydrogen-bond donors (Lipinski definition) is 1. The molecule has 26 heavy (non-hydrogen) atoms. The van der Waals surface area contributed by atoms with Crippen molar-refractivity contribution >= 4 is 23.0 Å². The van der Waals surface area contributed by atoms with Gasteiger partial charge in [0.2, 0.25) is 5.82 Å². The molecule has 0 radical (unpaired) electrons. The van der Waals surface area contributed by atoms with E-state index in [1.165, 1.54) is 24.5 Å². The number of anilines is 1. The first kappa shape index (κ1) is 19.8. The monoisotopic (exact) mass is 387 g/mol. The molecule has 0 saturated heterocycles. The molecule has 2 rings (SSSR count). The van der Waals surface area contributed by atoms with Crippen molar-refractivity contribution in [3.8, 4) is 11.7 Å². The van der Waals surface area contributed by atoms with E-state index in [1.807, 2.05) is 0 Å². The molecule has 0 unspecified atom stereocenters. The Morgan fingerprint density at radius 1 is 1.35 bits per heavy atom. The highest BCUT2D eigenvalue weighted by molar-refractivity contribution is 6.30. The number of ether oxygens (including phenoxy) is 1. The summed E-state index contributed by atoms with van der Waals surface area (Å²) >= 11 is 5.84. The van der Waals surface area contributed by atoms with E-state index in [0.29, 0.717) is 5.03 Å². The van der Waals surface area contributed by atoms with Gasteiger partial charge in [0.05, 0.1) is 12.2 Å². The molecule has 0 atom stereocenters. The van der Waals surface area contributed by atoms with Crippen molar-refractivity contribution in [1.29, 1.82) is 0 Å². The molecule has 0 saturated carbocycles. The minimum atomic E-state index is -4.73. The quantitative estimate of drug-likeness (QED) is 0.777. The van der Waals surface area contributed by atoms with Crippen molar-refractivity contribution < 1.29 is 17.9 Å². The Balaban J connectivity index is 2.78. The highest BCUT2D eigenvalue weighted by Gasteiger charge is 2.40. The van der Waals surface area contributed by atoms with E-state index in [1.54, 1.807) is 20.8 Å². The predicted molar refractivity (Wildman–Crippen MR) is 93.0 cm³/mol. The lowest BCUT2D eigenvalue weighted by Gasteiger charge is -2.09. The van der Waals surface area contributed by atoms with E-state index < -0.39 is 11.9 Å². The first-order chi connectivity index (χ1) is 12.2. The third-order valence-electron chi connectivity index (χ3n) is 3.27. The number of alkyl halides is 3. The lowest BCUT2D eigenvalue weighted by atomic mass is 10.0. The number of allylic oxidation sites excluding steroid dienone is 4. The van der Waals surface area contributed by atoms with Gasteiger partial charge in [0.15, 0.2) is 5.69 Å². The Morgan fingerprint density at radius 3 is 2.54 bits per heavy atom. The minimum absolute atomic E-state index is 0.0237. The molecule has 6 nitrogen and oxygen atoms in total. The van der Waals surface area contributed by atoms with Crippen molar-refractivity contribution in [3.05, 3.63) is 40.8 Å². The zero-order chi connectivity index (χ0) is 19.5. The molecule has 0 aromatic carbocycles. The SMILES string of the molecule is CC=C(C=C(C)Cl)c1c(C(F)(F)F)nn(-c2nccnc2OCC)c1N. The fourth-order valence-corrected chi connectivity index (χ4v) is 2.41. The van der Waals surface area contributed by atoms with Crippen LogP contribution in [0.4, 0.5) is 19.0 Å². The molecule has 0 bridgehead atoms. The molecule has 10 heteroatoms. The van der Waals surface area contributed by atoms with Crippen LogP contribution >= 0.6 is 11.6 Å². The average molecular weight is 388 g/mol. The number of nitrogens with zero attached hydrogens (tertiary/aromatic N) is 4. The van der Waals surface area contributed by atoms with Gasteiger partial charge in [0.1, 0.15) is 5.82 Å². The van der Waals surface area contributed by atoms with Crippen LogP contribution in [-0.2, 0) is 6.18 Å². The second-order valence-electron chi connectivity index (χ2n) is 5.11. The highest BCUT2D eigenvalue weighted by Crippen LogP contribution is 2.39. The number of nitrogens with two attached hydrogens (primary N) is 1. The molecule has 2 aromatic rings. The number of hydrogen-bond acceptors (Lipinski definition) is 5. The van der Waals surface area contributed by atoms with E-state index in [4.69, 9.17) is 22.1 Å². The van der Waals surface area contributed by atoms with Crippen molar-refractivity contribution in [2.75, 3.05) is 12.3 Å². The van der Waals surface area contributed by atoms with Crippen LogP contribution in [0.2, 0.25) is 0 Å². The third-order valence-corrected chi connectivity index (χ3v) is 3.38. The van der Waals surface area contributed by atoms with E-state index in [0.717, 1.165) is 4.68 Å². The number of aromatic nitrogens is 4. The molecule has 0 aliphatic heterocycles. The van der Waals surface area contributed by atoms with Crippen LogP contribution in [-0.4, -0.2) is 26.4 Å². The van der Waals surface area contributed by atoms with Crippen LogP contribution in [0.5, 0.6) is 5.88 Å². The zero-order valence-corrected chi connectivity index (χ0v) is 15.1. The van der Waals surface area contributed by atoms with Gasteiger partial charge < -0.3 is 10.5 Å². The van der Waals surface area contributed by atoms with Gasteiger partial charge in [-0.1, -0.05) is 17.7 Å². The Morgan fingerprint density at radius 2 is 2.00 bits per heavy atom. The van der Waals surface area contributed by atoms with Gasteiger partial charge in [-0.05, 0) is 32.4 Å². The van der Waals surface area contributed by atoms with Crippen LogP contribution in [0.1, 0.15) is 32.0 Å². The maximum Gasteiger partial charge on any atom is 0.435 e. The summed E-state index contributed by atoms with van der Waals surface area (Å²) < 4.78 is 46.9. The van der Waals surface area contributed by atoms with E-state index in [2.05, 4.69) is 15.1 Å². The second-order valence-corrected chi connectivity index (χ2v) is 5.71. The second kappa shape index (κ2) is 7.77. The molecule has 2 aromatic heterocycles. The van der Waals surface area contributed by atoms with E-state index in [9.17, 15) is 13.2 Å². The summed E-state index contributed by atoms with van der Waals surface area (Å²) in [6.45, 7) is 5.09. The molecule has 0 fully saturated rings. The molecule has 0 amide bonds. The standard InChI is InChI=1S/C16H17ClF3N5O/c1-4-10(8-9(3)17)11-12(16(18,19)20)24-25(13(11)21)14-15(26-5-2)23-7-6-22-14/h4,6-8H,5,21H2,1-3H3. The van der Waals surface area contributed by atoms with Gasteiger partial charge in [-0.3, -0.25) is 0 Å². The van der Waals surface area contributed by atoms with Gasteiger partial charge in [0.25, 0.3) is 5.88 Å². The van der Waals surface area contributed by atoms with Crippen molar-refractivity contribution in [2.45, 2.75) is 26.9 Å². The van der Waals surface area contributed by atoms with Crippen LogP contribution in [0.15, 0.2) is 29.6 Å². The summed E-state index contributed by atoms with van der Waals surface area (Å²) in [7, 11) is 0. The first-order valence-electron chi connectivity index (χ1n) is 7.61. The van der Waals surface area contributed by atoms with Crippen LogP contribution in [0.3, 0.4) is 0 Å². The molecular weight excluding hydrogens is 371 g/mol. The number of halogens is 4. The van der Waals surface area contributed by atoms with Gasteiger partial charge in [-0.2, -0.15) is 23.0 Å². The molecule has 2 N–H and O–H groups in total. The number of nitrogen functional groups attached to an aromatic ring is 1. The Hall–Kier alpha value is -2.55.